The van der Waals surface area contributed by atoms with Crippen molar-refractivity contribution in [1.29, 1.82) is 0 Å². The molecule has 0 heterocycles. The lowest BCUT2D eigenvalue weighted by molar-refractivity contribution is -0.137. The largest absolute Gasteiger partial charge is 0.494 e. The van der Waals surface area contributed by atoms with Crippen molar-refractivity contribution in [3.63, 3.8) is 0 Å². The second kappa shape index (κ2) is 8.14. The summed E-state index contributed by atoms with van der Waals surface area (Å²) in [5.41, 5.74) is 0.561. The predicted molar refractivity (Wildman–Crippen MR) is 71.2 cm³/mol. The van der Waals surface area contributed by atoms with Crippen molar-refractivity contribution in [1.82, 2.24) is 5.32 Å². The highest BCUT2D eigenvalue weighted by molar-refractivity contribution is 5.78. The van der Waals surface area contributed by atoms with E-state index in [1.54, 1.807) is 6.07 Å². The number of benzene rings is 1. The number of hydrogen-bond donors (Lipinski definition) is 2. The summed E-state index contributed by atoms with van der Waals surface area (Å²) < 4.78 is 18.2. The monoisotopic (exact) mass is 283 g/mol. The maximum Gasteiger partial charge on any atom is 0.303 e. The van der Waals surface area contributed by atoms with E-state index >= 15 is 0 Å². The molecule has 110 valence electrons. The van der Waals surface area contributed by atoms with Crippen molar-refractivity contribution in [2.24, 2.45) is 0 Å². The molecule has 0 saturated heterocycles. The van der Waals surface area contributed by atoms with Gasteiger partial charge in [-0.3, -0.25) is 9.59 Å². The van der Waals surface area contributed by atoms with Crippen LogP contribution in [0.4, 0.5) is 4.39 Å². The van der Waals surface area contributed by atoms with Crippen molar-refractivity contribution in [2.75, 3.05) is 13.7 Å². The zero-order chi connectivity index (χ0) is 15.0. The van der Waals surface area contributed by atoms with Crippen LogP contribution in [0.15, 0.2) is 18.2 Å². The van der Waals surface area contributed by atoms with Crippen LogP contribution in [-0.2, 0) is 16.0 Å². The van der Waals surface area contributed by atoms with Crippen molar-refractivity contribution < 1.29 is 23.8 Å². The first-order valence-corrected chi connectivity index (χ1v) is 6.34. The number of aliphatic carboxylic acids is 1. The fraction of sp³-hybridized carbons (Fsp3) is 0.429. The first-order chi connectivity index (χ1) is 9.52. The molecule has 1 amide bonds. The number of methoxy groups -OCH3 is 1. The highest BCUT2D eigenvalue weighted by atomic mass is 19.1. The van der Waals surface area contributed by atoms with E-state index in [2.05, 4.69) is 5.32 Å². The fourth-order valence-corrected chi connectivity index (χ4v) is 1.70. The van der Waals surface area contributed by atoms with Gasteiger partial charge in [0.05, 0.1) is 13.5 Å². The van der Waals surface area contributed by atoms with Crippen molar-refractivity contribution in [3.05, 3.63) is 29.6 Å². The Bertz CT molecular complexity index is 476. The second-order valence-corrected chi connectivity index (χ2v) is 4.35. The van der Waals surface area contributed by atoms with E-state index in [1.807, 2.05) is 0 Å². The number of unbranched alkanes of at least 4 members (excludes halogenated alkanes) is 1. The normalized spacial score (nSPS) is 10.1. The summed E-state index contributed by atoms with van der Waals surface area (Å²) in [7, 11) is 1.38. The van der Waals surface area contributed by atoms with Crippen molar-refractivity contribution in [3.8, 4) is 5.75 Å². The number of amides is 1. The smallest absolute Gasteiger partial charge is 0.303 e. The van der Waals surface area contributed by atoms with Gasteiger partial charge in [-0.25, -0.2) is 4.39 Å². The molecule has 5 nitrogen and oxygen atoms in total. The first-order valence-electron chi connectivity index (χ1n) is 6.34. The Labute approximate surface area is 116 Å². The molecule has 0 unspecified atom stereocenters. The van der Waals surface area contributed by atoms with Gasteiger partial charge in [0.15, 0.2) is 11.6 Å². The summed E-state index contributed by atoms with van der Waals surface area (Å²) in [6, 6.07) is 4.37. The van der Waals surface area contributed by atoms with Crippen LogP contribution in [0.25, 0.3) is 0 Å². The lowest BCUT2D eigenvalue weighted by atomic mass is 10.1. The molecule has 0 aliphatic rings. The zero-order valence-electron chi connectivity index (χ0n) is 11.3. The van der Waals surface area contributed by atoms with Gasteiger partial charge in [-0.1, -0.05) is 6.07 Å². The number of halogens is 1. The molecule has 20 heavy (non-hydrogen) atoms. The first kappa shape index (κ1) is 15.9. The minimum atomic E-state index is -0.843. The molecule has 2 N–H and O–H groups in total. The molecule has 0 aliphatic carbocycles. The Morgan fingerprint density at radius 1 is 1.35 bits per heavy atom. The lowest BCUT2D eigenvalue weighted by Gasteiger charge is -2.06. The van der Waals surface area contributed by atoms with Gasteiger partial charge < -0.3 is 15.2 Å². The minimum absolute atomic E-state index is 0.0832. The number of carboxylic acid groups (broad SMARTS) is 1. The van der Waals surface area contributed by atoms with Crippen LogP contribution in [0.5, 0.6) is 5.75 Å². The third kappa shape index (κ3) is 5.69. The van der Waals surface area contributed by atoms with Crippen LogP contribution in [-0.4, -0.2) is 30.6 Å². The molecule has 0 aliphatic heterocycles. The van der Waals surface area contributed by atoms with Crippen LogP contribution < -0.4 is 10.1 Å². The molecular formula is C14H18FNO4. The van der Waals surface area contributed by atoms with Crippen LogP contribution >= 0.6 is 0 Å². The van der Waals surface area contributed by atoms with Gasteiger partial charge in [-0.05, 0) is 30.5 Å². The molecule has 0 fully saturated rings. The third-order valence-electron chi connectivity index (χ3n) is 2.72. The summed E-state index contributed by atoms with van der Waals surface area (Å²) in [6.07, 6.45) is 1.31. The summed E-state index contributed by atoms with van der Waals surface area (Å²) in [5, 5.41) is 11.1. The summed E-state index contributed by atoms with van der Waals surface area (Å²) in [6.45, 7) is 0.421. The zero-order valence-corrected chi connectivity index (χ0v) is 11.3. The average Bonchev–Trinajstić information content (AvgIpc) is 2.38. The SMILES string of the molecule is COc1ccc(CC(=O)NCCCCC(=O)O)cc1F. The minimum Gasteiger partial charge on any atom is -0.494 e. The van der Waals surface area contributed by atoms with E-state index in [0.717, 1.165) is 0 Å². The second-order valence-electron chi connectivity index (χ2n) is 4.35. The van der Waals surface area contributed by atoms with Gasteiger partial charge >= 0.3 is 5.97 Å². The Morgan fingerprint density at radius 3 is 2.70 bits per heavy atom. The highest BCUT2D eigenvalue weighted by Crippen LogP contribution is 2.17. The van der Waals surface area contributed by atoms with E-state index in [9.17, 15) is 14.0 Å². The number of carbonyl (C=O) groups excluding carboxylic acids is 1. The quantitative estimate of drug-likeness (QED) is 0.713. The Balaban J connectivity index is 2.31. The number of carbonyl (C=O) groups is 2. The molecule has 0 saturated carbocycles. The summed E-state index contributed by atoms with van der Waals surface area (Å²) in [5.74, 6) is -1.42. The summed E-state index contributed by atoms with van der Waals surface area (Å²) >= 11 is 0. The number of carboxylic acids is 1. The molecule has 1 rings (SSSR count). The molecule has 1 aromatic carbocycles. The lowest BCUT2D eigenvalue weighted by Crippen LogP contribution is -2.26. The van der Waals surface area contributed by atoms with Gasteiger partial charge in [0, 0.05) is 13.0 Å². The van der Waals surface area contributed by atoms with E-state index in [-0.39, 0.29) is 24.5 Å². The Hall–Kier alpha value is -2.11. The van der Waals surface area contributed by atoms with Gasteiger partial charge in [-0.2, -0.15) is 0 Å². The van der Waals surface area contributed by atoms with E-state index in [1.165, 1.54) is 19.2 Å². The molecule has 0 aromatic heterocycles. The maximum absolute atomic E-state index is 13.4. The van der Waals surface area contributed by atoms with Crippen LogP contribution in [0.3, 0.4) is 0 Å². The van der Waals surface area contributed by atoms with Gasteiger partial charge in [-0.15, -0.1) is 0 Å². The molecule has 1 aromatic rings. The number of hydrogen-bond acceptors (Lipinski definition) is 3. The van der Waals surface area contributed by atoms with Crippen LogP contribution in [0.1, 0.15) is 24.8 Å². The standard InChI is InChI=1S/C14H18FNO4/c1-20-12-6-5-10(8-11(12)15)9-13(17)16-7-3-2-4-14(18)19/h5-6,8H,2-4,7,9H2,1H3,(H,16,17)(H,18,19). The Kier molecular flexibility index (Phi) is 6.49. The van der Waals surface area contributed by atoms with Crippen LogP contribution in [0.2, 0.25) is 0 Å². The van der Waals surface area contributed by atoms with Gasteiger partial charge in [0.1, 0.15) is 0 Å². The molecule has 0 atom stereocenters. The molecule has 6 heteroatoms. The third-order valence-corrected chi connectivity index (χ3v) is 2.72. The van der Waals surface area contributed by atoms with Gasteiger partial charge in [0.2, 0.25) is 5.91 Å². The number of rotatable bonds is 8. The van der Waals surface area contributed by atoms with E-state index in [0.29, 0.717) is 24.9 Å². The molecule has 0 radical (unpaired) electrons. The molecule has 0 bridgehead atoms. The predicted octanol–water partition coefficient (Wildman–Crippen LogP) is 1.75. The fourth-order valence-electron chi connectivity index (χ4n) is 1.70. The number of ether oxygens (including phenoxy) is 1. The maximum atomic E-state index is 13.4. The average molecular weight is 283 g/mol. The van der Waals surface area contributed by atoms with Crippen LogP contribution in [0, 0.1) is 5.82 Å². The van der Waals surface area contributed by atoms with Gasteiger partial charge in [0.25, 0.3) is 0 Å². The summed E-state index contributed by atoms with van der Waals surface area (Å²) in [4.78, 5) is 21.9. The Morgan fingerprint density at radius 2 is 2.10 bits per heavy atom. The van der Waals surface area contributed by atoms with E-state index in [4.69, 9.17) is 9.84 Å². The number of nitrogens with one attached hydrogen (secondary N) is 1. The molecule has 0 spiro atoms. The molecular weight excluding hydrogens is 265 g/mol. The van der Waals surface area contributed by atoms with E-state index < -0.39 is 11.8 Å². The topological polar surface area (TPSA) is 75.6 Å². The highest BCUT2D eigenvalue weighted by Gasteiger charge is 2.07. The van der Waals surface area contributed by atoms with Crippen molar-refractivity contribution in [2.45, 2.75) is 25.7 Å². The van der Waals surface area contributed by atoms with Crippen molar-refractivity contribution >= 4 is 11.9 Å².